The molecule has 1 atom stereocenters. The van der Waals surface area contributed by atoms with Gasteiger partial charge in [-0.3, -0.25) is 9.69 Å². The standard InChI is InChI=1S/C15H19BrFNO2/c1-20-15(19)9-13-4-2-3-7-18(13)10-11-5-6-12(16)8-14(11)17/h5-6,8,13H,2-4,7,9-10H2,1H3. The number of hydrogen-bond donors (Lipinski definition) is 0. The lowest BCUT2D eigenvalue weighted by molar-refractivity contribution is -0.142. The summed E-state index contributed by atoms with van der Waals surface area (Å²) in [6.45, 7) is 1.44. The summed E-state index contributed by atoms with van der Waals surface area (Å²) in [5, 5.41) is 0. The van der Waals surface area contributed by atoms with Crippen LogP contribution in [-0.2, 0) is 16.1 Å². The highest BCUT2D eigenvalue weighted by atomic mass is 79.9. The van der Waals surface area contributed by atoms with Gasteiger partial charge in [0.15, 0.2) is 0 Å². The molecule has 1 aliphatic heterocycles. The van der Waals surface area contributed by atoms with Gasteiger partial charge < -0.3 is 4.74 Å². The van der Waals surface area contributed by atoms with Gasteiger partial charge in [-0.1, -0.05) is 28.4 Å². The highest BCUT2D eigenvalue weighted by molar-refractivity contribution is 9.10. The molecule has 0 saturated carbocycles. The van der Waals surface area contributed by atoms with Gasteiger partial charge in [0.2, 0.25) is 0 Å². The summed E-state index contributed by atoms with van der Waals surface area (Å²) in [5.41, 5.74) is 0.671. The fourth-order valence-corrected chi connectivity index (χ4v) is 2.98. The van der Waals surface area contributed by atoms with Crippen LogP contribution in [0.3, 0.4) is 0 Å². The Morgan fingerprint density at radius 3 is 3.00 bits per heavy atom. The number of halogens is 2. The molecule has 1 saturated heterocycles. The number of carbonyl (C=O) groups is 1. The molecular weight excluding hydrogens is 325 g/mol. The first kappa shape index (κ1) is 15.4. The second-order valence-corrected chi connectivity index (χ2v) is 6.05. The fourth-order valence-electron chi connectivity index (χ4n) is 2.64. The molecule has 2 rings (SSSR count). The van der Waals surface area contributed by atoms with Crippen LogP contribution in [0.25, 0.3) is 0 Å². The molecule has 1 unspecified atom stereocenters. The Morgan fingerprint density at radius 2 is 2.30 bits per heavy atom. The number of rotatable bonds is 4. The topological polar surface area (TPSA) is 29.5 Å². The highest BCUT2D eigenvalue weighted by Crippen LogP contribution is 2.24. The summed E-state index contributed by atoms with van der Waals surface area (Å²) >= 11 is 3.26. The van der Waals surface area contributed by atoms with Crippen LogP contribution in [0.5, 0.6) is 0 Å². The predicted molar refractivity (Wildman–Crippen MR) is 78.8 cm³/mol. The van der Waals surface area contributed by atoms with E-state index in [0.717, 1.165) is 30.3 Å². The largest absolute Gasteiger partial charge is 0.469 e. The molecule has 0 aliphatic carbocycles. The molecule has 5 heteroatoms. The predicted octanol–water partition coefficient (Wildman–Crippen LogP) is 3.51. The van der Waals surface area contributed by atoms with Crippen molar-refractivity contribution < 1.29 is 13.9 Å². The lowest BCUT2D eigenvalue weighted by atomic mass is 9.98. The molecule has 3 nitrogen and oxygen atoms in total. The van der Waals surface area contributed by atoms with E-state index in [4.69, 9.17) is 4.74 Å². The zero-order valence-corrected chi connectivity index (χ0v) is 13.2. The van der Waals surface area contributed by atoms with Gasteiger partial charge in [0.1, 0.15) is 5.82 Å². The van der Waals surface area contributed by atoms with Crippen molar-refractivity contribution in [2.24, 2.45) is 0 Å². The Hall–Kier alpha value is -0.940. The number of likely N-dealkylation sites (tertiary alicyclic amines) is 1. The van der Waals surface area contributed by atoms with Crippen LogP contribution in [-0.4, -0.2) is 30.6 Å². The molecule has 1 heterocycles. The first-order valence-corrected chi connectivity index (χ1v) is 7.64. The molecule has 1 aromatic carbocycles. The molecule has 1 aliphatic rings. The van der Waals surface area contributed by atoms with E-state index < -0.39 is 0 Å². The molecule has 110 valence electrons. The SMILES string of the molecule is COC(=O)CC1CCCCN1Cc1ccc(Br)cc1F. The minimum absolute atomic E-state index is 0.152. The number of benzene rings is 1. The van der Waals surface area contributed by atoms with Crippen LogP contribution in [0.4, 0.5) is 4.39 Å². The van der Waals surface area contributed by atoms with E-state index in [1.54, 1.807) is 6.07 Å². The zero-order chi connectivity index (χ0) is 14.5. The quantitative estimate of drug-likeness (QED) is 0.783. The molecule has 0 amide bonds. The second kappa shape index (κ2) is 7.18. The van der Waals surface area contributed by atoms with Crippen LogP contribution in [0.1, 0.15) is 31.2 Å². The molecular formula is C15H19BrFNO2. The van der Waals surface area contributed by atoms with Crippen LogP contribution in [0.2, 0.25) is 0 Å². The van der Waals surface area contributed by atoms with Crippen molar-refractivity contribution in [3.63, 3.8) is 0 Å². The van der Waals surface area contributed by atoms with Crippen molar-refractivity contribution >= 4 is 21.9 Å². The van der Waals surface area contributed by atoms with Crippen LogP contribution < -0.4 is 0 Å². The summed E-state index contributed by atoms with van der Waals surface area (Å²) in [6.07, 6.45) is 3.55. The number of esters is 1. The van der Waals surface area contributed by atoms with Crippen LogP contribution >= 0.6 is 15.9 Å². The molecule has 20 heavy (non-hydrogen) atoms. The summed E-state index contributed by atoms with van der Waals surface area (Å²) in [6, 6.07) is 5.27. The van der Waals surface area contributed by atoms with Crippen molar-refractivity contribution in [3.05, 3.63) is 34.1 Å². The smallest absolute Gasteiger partial charge is 0.307 e. The first-order valence-electron chi connectivity index (χ1n) is 6.85. The van der Waals surface area contributed by atoms with Gasteiger partial charge in [-0.2, -0.15) is 0 Å². The van der Waals surface area contributed by atoms with Gasteiger partial charge in [-0.25, -0.2) is 4.39 Å². The van der Waals surface area contributed by atoms with Crippen molar-refractivity contribution in [3.8, 4) is 0 Å². The normalized spacial score (nSPS) is 19.9. The summed E-state index contributed by atoms with van der Waals surface area (Å²) in [4.78, 5) is 13.6. The fraction of sp³-hybridized carbons (Fsp3) is 0.533. The van der Waals surface area contributed by atoms with Gasteiger partial charge in [-0.15, -0.1) is 0 Å². The van der Waals surface area contributed by atoms with Crippen molar-refractivity contribution in [1.29, 1.82) is 0 Å². The van der Waals surface area contributed by atoms with Crippen LogP contribution in [0.15, 0.2) is 22.7 Å². The third-order valence-corrected chi connectivity index (χ3v) is 4.26. The molecule has 0 radical (unpaired) electrons. The minimum atomic E-state index is -0.207. The maximum Gasteiger partial charge on any atom is 0.307 e. The van der Waals surface area contributed by atoms with E-state index in [0.29, 0.717) is 18.5 Å². The Morgan fingerprint density at radius 1 is 1.50 bits per heavy atom. The second-order valence-electron chi connectivity index (χ2n) is 5.14. The number of nitrogens with zero attached hydrogens (tertiary/aromatic N) is 1. The summed E-state index contributed by atoms with van der Waals surface area (Å²) in [7, 11) is 1.41. The van der Waals surface area contributed by atoms with Crippen molar-refractivity contribution in [1.82, 2.24) is 4.90 Å². The number of carbonyl (C=O) groups excluding carboxylic acids is 1. The van der Waals surface area contributed by atoms with E-state index in [1.807, 2.05) is 6.07 Å². The Labute approximate surface area is 127 Å². The number of ether oxygens (including phenoxy) is 1. The van der Waals surface area contributed by atoms with E-state index in [-0.39, 0.29) is 17.8 Å². The monoisotopic (exact) mass is 343 g/mol. The molecule has 0 aromatic heterocycles. The van der Waals surface area contributed by atoms with Gasteiger partial charge >= 0.3 is 5.97 Å². The number of methoxy groups -OCH3 is 1. The molecule has 0 bridgehead atoms. The van der Waals surface area contributed by atoms with Gasteiger partial charge in [0.05, 0.1) is 13.5 Å². The van der Waals surface area contributed by atoms with Gasteiger partial charge in [0.25, 0.3) is 0 Å². The Balaban J connectivity index is 2.06. The lowest BCUT2D eigenvalue weighted by Crippen LogP contribution is -2.40. The first-order chi connectivity index (χ1) is 9.60. The molecule has 1 aromatic rings. The Kier molecular flexibility index (Phi) is 5.54. The Bertz CT molecular complexity index is 481. The van der Waals surface area contributed by atoms with Gasteiger partial charge in [-0.05, 0) is 31.5 Å². The van der Waals surface area contributed by atoms with E-state index in [9.17, 15) is 9.18 Å². The van der Waals surface area contributed by atoms with E-state index in [2.05, 4.69) is 20.8 Å². The average molecular weight is 344 g/mol. The summed E-state index contributed by atoms with van der Waals surface area (Å²) in [5.74, 6) is -0.403. The maximum absolute atomic E-state index is 13.9. The average Bonchev–Trinajstić information content (AvgIpc) is 2.43. The minimum Gasteiger partial charge on any atom is -0.469 e. The highest BCUT2D eigenvalue weighted by Gasteiger charge is 2.25. The van der Waals surface area contributed by atoms with E-state index >= 15 is 0 Å². The van der Waals surface area contributed by atoms with E-state index in [1.165, 1.54) is 13.2 Å². The number of hydrogen-bond acceptors (Lipinski definition) is 3. The molecule has 1 fully saturated rings. The van der Waals surface area contributed by atoms with Gasteiger partial charge in [0, 0.05) is 22.6 Å². The van der Waals surface area contributed by atoms with Crippen molar-refractivity contribution in [2.75, 3.05) is 13.7 Å². The third-order valence-electron chi connectivity index (χ3n) is 3.77. The molecule has 0 N–H and O–H groups in total. The lowest BCUT2D eigenvalue weighted by Gasteiger charge is -2.35. The van der Waals surface area contributed by atoms with Crippen molar-refractivity contribution in [2.45, 2.75) is 38.3 Å². The third kappa shape index (κ3) is 4.03. The maximum atomic E-state index is 13.9. The zero-order valence-electron chi connectivity index (χ0n) is 11.6. The summed E-state index contributed by atoms with van der Waals surface area (Å²) < 4.78 is 19.4. The van der Waals surface area contributed by atoms with Crippen LogP contribution in [0, 0.1) is 5.82 Å². The molecule has 0 spiro atoms. The number of piperidine rings is 1.